The first kappa shape index (κ1) is 25.9. The summed E-state index contributed by atoms with van der Waals surface area (Å²) in [6.45, 7) is 2.24. The first-order valence-electron chi connectivity index (χ1n) is 10.9. The van der Waals surface area contributed by atoms with Crippen molar-refractivity contribution in [2.24, 2.45) is 5.73 Å². The van der Waals surface area contributed by atoms with Gasteiger partial charge in [0.05, 0.1) is 0 Å². The van der Waals surface area contributed by atoms with Crippen molar-refractivity contribution in [2.45, 2.75) is 122 Å². The minimum Gasteiger partial charge on any atom is -0.480 e. The van der Waals surface area contributed by atoms with Gasteiger partial charge < -0.3 is 21.3 Å². The number of hydrogen-bond acceptors (Lipinski definition) is 4. The fraction of sp³-hybridized carbons (Fsp3) is 0.905. The largest absolute Gasteiger partial charge is 0.480 e. The second-order valence-corrected chi connectivity index (χ2v) is 7.60. The molecule has 0 saturated carbocycles. The molecule has 0 heterocycles. The molecular weight excluding hydrogens is 344 g/mol. The van der Waals surface area contributed by atoms with Gasteiger partial charge in [-0.05, 0) is 19.3 Å². The lowest BCUT2D eigenvalue weighted by atomic mass is 10.0. The summed E-state index contributed by atoms with van der Waals surface area (Å²) in [7, 11) is 0. The van der Waals surface area contributed by atoms with E-state index in [1.807, 2.05) is 0 Å². The Labute approximate surface area is 165 Å². The number of nitrogens with one attached hydrogen (secondary N) is 1. The summed E-state index contributed by atoms with van der Waals surface area (Å²) >= 11 is 0. The van der Waals surface area contributed by atoms with E-state index in [1.165, 1.54) is 64.2 Å². The van der Waals surface area contributed by atoms with Crippen LogP contribution in [0.15, 0.2) is 0 Å². The highest BCUT2D eigenvalue weighted by Gasteiger charge is 2.20. The number of carbonyl (C=O) groups excluding carboxylic acids is 1. The van der Waals surface area contributed by atoms with Crippen molar-refractivity contribution < 1.29 is 19.8 Å². The Morgan fingerprint density at radius 1 is 0.815 bits per heavy atom. The van der Waals surface area contributed by atoms with Crippen molar-refractivity contribution in [1.29, 1.82) is 0 Å². The molecule has 0 bridgehead atoms. The molecule has 0 fully saturated rings. The van der Waals surface area contributed by atoms with E-state index in [-0.39, 0.29) is 18.7 Å². The molecule has 2 unspecified atom stereocenters. The number of carboxylic acid groups (broad SMARTS) is 1. The first-order valence-corrected chi connectivity index (χ1v) is 10.9. The Bertz CT molecular complexity index is 375. The molecule has 0 aliphatic rings. The lowest BCUT2D eigenvalue weighted by Crippen LogP contribution is -2.41. The van der Waals surface area contributed by atoms with Crippen LogP contribution in [-0.4, -0.2) is 34.4 Å². The summed E-state index contributed by atoms with van der Waals surface area (Å²) in [5.41, 5.74) is 5.21. The topological polar surface area (TPSA) is 113 Å². The average molecular weight is 387 g/mol. The van der Waals surface area contributed by atoms with Gasteiger partial charge >= 0.3 is 5.97 Å². The van der Waals surface area contributed by atoms with Gasteiger partial charge in [0.1, 0.15) is 12.3 Å². The molecule has 0 spiro atoms. The number of nitrogens with two attached hydrogens (primary N) is 1. The summed E-state index contributed by atoms with van der Waals surface area (Å²) in [5.74, 6) is -1.33. The molecule has 0 aliphatic heterocycles. The van der Waals surface area contributed by atoms with Crippen LogP contribution in [0.5, 0.6) is 0 Å². The Morgan fingerprint density at radius 3 is 1.67 bits per heavy atom. The molecule has 0 radical (unpaired) electrons. The summed E-state index contributed by atoms with van der Waals surface area (Å²) < 4.78 is 0. The van der Waals surface area contributed by atoms with Crippen LogP contribution in [-0.2, 0) is 9.59 Å². The highest BCUT2D eigenvalue weighted by Crippen LogP contribution is 2.13. The number of aliphatic hydroxyl groups is 1. The van der Waals surface area contributed by atoms with Gasteiger partial charge in [-0.3, -0.25) is 4.79 Å². The second-order valence-electron chi connectivity index (χ2n) is 7.60. The van der Waals surface area contributed by atoms with E-state index in [0.29, 0.717) is 6.42 Å². The van der Waals surface area contributed by atoms with Crippen LogP contribution in [0.2, 0.25) is 0 Å². The molecular formula is C21H42N2O4. The fourth-order valence-electron chi connectivity index (χ4n) is 3.16. The number of amides is 1. The number of carboxylic acids is 1. The van der Waals surface area contributed by atoms with Crippen LogP contribution in [0, 0.1) is 0 Å². The third-order valence-electron chi connectivity index (χ3n) is 4.89. The van der Waals surface area contributed by atoms with E-state index < -0.39 is 18.2 Å². The van der Waals surface area contributed by atoms with Gasteiger partial charge in [-0.2, -0.15) is 0 Å². The SMILES string of the molecule is CCCCCCCCCCCCCCCC(=O)NC(CCC(N)O)C(=O)O. The van der Waals surface area contributed by atoms with Gasteiger partial charge in [0.2, 0.25) is 5.91 Å². The van der Waals surface area contributed by atoms with Gasteiger partial charge in [0.15, 0.2) is 0 Å². The summed E-state index contributed by atoms with van der Waals surface area (Å²) in [5, 5.41) is 20.6. The summed E-state index contributed by atoms with van der Waals surface area (Å²) in [6, 6.07) is -0.974. The highest BCUT2D eigenvalue weighted by molar-refractivity contribution is 5.83. The second kappa shape index (κ2) is 18.2. The number of hydrogen-bond donors (Lipinski definition) is 4. The maximum Gasteiger partial charge on any atom is 0.326 e. The number of rotatable bonds is 19. The standard InChI is InChI=1S/C21H42N2O4/c1-2-3-4-5-6-7-8-9-10-11-12-13-14-15-20(25)23-18(21(26)27)16-17-19(22)24/h18-19,24H,2-17,22H2,1H3,(H,23,25)(H,26,27). The smallest absolute Gasteiger partial charge is 0.326 e. The molecule has 0 saturated heterocycles. The minimum absolute atomic E-state index is 0.136. The summed E-state index contributed by atoms with van der Waals surface area (Å²) in [4.78, 5) is 22.9. The molecule has 27 heavy (non-hydrogen) atoms. The lowest BCUT2D eigenvalue weighted by molar-refractivity contribution is -0.142. The Kier molecular flexibility index (Phi) is 17.5. The molecule has 160 valence electrons. The van der Waals surface area contributed by atoms with Crippen LogP contribution >= 0.6 is 0 Å². The lowest BCUT2D eigenvalue weighted by Gasteiger charge is -2.15. The fourth-order valence-corrected chi connectivity index (χ4v) is 3.16. The molecule has 5 N–H and O–H groups in total. The zero-order valence-electron chi connectivity index (χ0n) is 17.3. The molecule has 1 amide bonds. The van der Waals surface area contributed by atoms with Crippen LogP contribution in [0.3, 0.4) is 0 Å². The zero-order chi connectivity index (χ0) is 20.3. The molecule has 6 heteroatoms. The van der Waals surface area contributed by atoms with Gasteiger partial charge in [0, 0.05) is 6.42 Å². The van der Waals surface area contributed by atoms with Crippen molar-refractivity contribution in [1.82, 2.24) is 5.32 Å². The van der Waals surface area contributed by atoms with E-state index in [2.05, 4.69) is 12.2 Å². The van der Waals surface area contributed by atoms with Crippen molar-refractivity contribution in [2.75, 3.05) is 0 Å². The number of carbonyl (C=O) groups is 2. The van der Waals surface area contributed by atoms with E-state index >= 15 is 0 Å². The molecule has 6 nitrogen and oxygen atoms in total. The highest BCUT2D eigenvalue weighted by atomic mass is 16.4. The van der Waals surface area contributed by atoms with Gasteiger partial charge in [0.25, 0.3) is 0 Å². The van der Waals surface area contributed by atoms with E-state index in [9.17, 15) is 9.59 Å². The number of unbranched alkanes of at least 4 members (excludes halogenated alkanes) is 12. The predicted octanol–water partition coefficient (Wildman–Crippen LogP) is 4.09. The van der Waals surface area contributed by atoms with E-state index in [1.54, 1.807) is 0 Å². The molecule has 0 aromatic rings. The summed E-state index contributed by atoms with van der Waals surface area (Å²) in [6.07, 6.45) is 15.8. The van der Waals surface area contributed by atoms with Crippen LogP contribution in [0.4, 0.5) is 0 Å². The number of aliphatic hydroxyl groups excluding tert-OH is 1. The Balaban J connectivity index is 3.50. The van der Waals surface area contributed by atoms with Crippen molar-refractivity contribution in [3.63, 3.8) is 0 Å². The van der Waals surface area contributed by atoms with Gasteiger partial charge in [-0.15, -0.1) is 0 Å². The zero-order valence-corrected chi connectivity index (χ0v) is 17.3. The van der Waals surface area contributed by atoms with E-state index in [0.717, 1.165) is 19.3 Å². The normalized spacial score (nSPS) is 13.3. The Hall–Kier alpha value is -1.14. The molecule has 0 aliphatic carbocycles. The molecule has 0 rings (SSSR count). The van der Waals surface area contributed by atoms with Crippen LogP contribution in [0.25, 0.3) is 0 Å². The first-order chi connectivity index (χ1) is 13.0. The van der Waals surface area contributed by atoms with Gasteiger partial charge in [-0.25, -0.2) is 4.79 Å². The third kappa shape index (κ3) is 18.0. The monoisotopic (exact) mass is 386 g/mol. The quantitative estimate of drug-likeness (QED) is 0.197. The van der Waals surface area contributed by atoms with Crippen molar-refractivity contribution in [3.05, 3.63) is 0 Å². The number of aliphatic carboxylic acids is 1. The molecule has 0 aromatic heterocycles. The third-order valence-corrected chi connectivity index (χ3v) is 4.89. The molecule has 2 atom stereocenters. The predicted molar refractivity (Wildman–Crippen MR) is 109 cm³/mol. The van der Waals surface area contributed by atoms with Crippen LogP contribution < -0.4 is 11.1 Å². The molecule has 0 aromatic carbocycles. The van der Waals surface area contributed by atoms with E-state index in [4.69, 9.17) is 15.9 Å². The van der Waals surface area contributed by atoms with Crippen molar-refractivity contribution >= 4 is 11.9 Å². The minimum atomic E-state index is -1.09. The maximum absolute atomic E-state index is 11.8. The Morgan fingerprint density at radius 2 is 1.26 bits per heavy atom. The van der Waals surface area contributed by atoms with Crippen LogP contribution in [0.1, 0.15) is 110 Å². The van der Waals surface area contributed by atoms with Crippen molar-refractivity contribution in [3.8, 4) is 0 Å². The average Bonchev–Trinajstić information content (AvgIpc) is 2.62. The van der Waals surface area contributed by atoms with Gasteiger partial charge in [-0.1, -0.05) is 84.0 Å². The maximum atomic E-state index is 11.8.